The van der Waals surface area contributed by atoms with Gasteiger partial charge in [-0.1, -0.05) is 6.92 Å². The lowest BCUT2D eigenvalue weighted by atomic mass is 9.87. The SMILES string of the molecule is CCC1(O)CCCN(C)CC1NC. The van der Waals surface area contributed by atoms with E-state index < -0.39 is 5.60 Å². The van der Waals surface area contributed by atoms with Crippen LogP contribution in [0.4, 0.5) is 0 Å². The third kappa shape index (κ3) is 2.42. The minimum atomic E-state index is -0.500. The summed E-state index contributed by atoms with van der Waals surface area (Å²) in [6.45, 7) is 4.11. The summed E-state index contributed by atoms with van der Waals surface area (Å²) in [6, 6.07) is 0.213. The van der Waals surface area contributed by atoms with Crippen LogP contribution in [0.25, 0.3) is 0 Å². The maximum absolute atomic E-state index is 10.3. The average molecular weight is 186 g/mol. The zero-order chi connectivity index (χ0) is 9.90. The first-order chi connectivity index (χ1) is 6.12. The van der Waals surface area contributed by atoms with Crippen LogP contribution in [0.15, 0.2) is 0 Å². The highest BCUT2D eigenvalue weighted by Crippen LogP contribution is 2.25. The van der Waals surface area contributed by atoms with E-state index in [1.165, 1.54) is 0 Å². The van der Waals surface area contributed by atoms with E-state index >= 15 is 0 Å². The number of hydrogen-bond acceptors (Lipinski definition) is 3. The van der Waals surface area contributed by atoms with Crippen LogP contribution in [0.1, 0.15) is 26.2 Å². The van der Waals surface area contributed by atoms with Gasteiger partial charge in [-0.3, -0.25) is 0 Å². The molecule has 1 fully saturated rings. The van der Waals surface area contributed by atoms with Crippen LogP contribution in [-0.4, -0.2) is 48.8 Å². The van der Waals surface area contributed by atoms with Gasteiger partial charge < -0.3 is 15.3 Å². The molecule has 0 amide bonds. The fourth-order valence-corrected chi connectivity index (χ4v) is 2.19. The van der Waals surface area contributed by atoms with E-state index in [1.54, 1.807) is 0 Å². The van der Waals surface area contributed by atoms with Gasteiger partial charge in [0.2, 0.25) is 0 Å². The Balaban J connectivity index is 2.69. The zero-order valence-electron chi connectivity index (χ0n) is 9.01. The maximum Gasteiger partial charge on any atom is 0.0810 e. The van der Waals surface area contributed by atoms with Crippen LogP contribution < -0.4 is 5.32 Å². The lowest BCUT2D eigenvalue weighted by Gasteiger charge is -2.34. The summed E-state index contributed by atoms with van der Waals surface area (Å²) in [5.41, 5.74) is -0.500. The van der Waals surface area contributed by atoms with Crippen LogP contribution in [-0.2, 0) is 0 Å². The molecule has 1 aliphatic heterocycles. The molecule has 1 rings (SSSR count). The van der Waals surface area contributed by atoms with Crippen molar-refractivity contribution in [3.63, 3.8) is 0 Å². The molecule has 2 N–H and O–H groups in total. The van der Waals surface area contributed by atoms with E-state index in [1.807, 2.05) is 7.05 Å². The van der Waals surface area contributed by atoms with E-state index in [0.29, 0.717) is 0 Å². The van der Waals surface area contributed by atoms with Crippen LogP contribution in [0.5, 0.6) is 0 Å². The fourth-order valence-electron chi connectivity index (χ4n) is 2.19. The summed E-state index contributed by atoms with van der Waals surface area (Å²) >= 11 is 0. The molecule has 0 radical (unpaired) electrons. The fraction of sp³-hybridized carbons (Fsp3) is 1.00. The smallest absolute Gasteiger partial charge is 0.0810 e. The molecule has 2 unspecified atom stereocenters. The van der Waals surface area contributed by atoms with Gasteiger partial charge in [0.15, 0.2) is 0 Å². The van der Waals surface area contributed by atoms with Crippen LogP contribution >= 0.6 is 0 Å². The van der Waals surface area contributed by atoms with Gasteiger partial charge in [0, 0.05) is 12.6 Å². The van der Waals surface area contributed by atoms with Crippen molar-refractivity contribution in [2.24, 2.45) is 0 Å². The van der Waals surface area contributed by atoms with Gasteiger partial charge in [-0.15, -0.1) is 0 Å². The van der Waals surface area contributed by atoms with Crippen molar-refractivity contribution in [2.45, 2.75) is 37.8 Å². The molecule has 1 saturated heterocycles. The molecule has 13 heavy (non-hydrogen) atoms. The summed E-state index contributed by atoms with van der Waals surface area (Å²) in [7, 11) is 4.05. The number of nitrogens with zero attached hydrogens (tertiary/aromatic N) is 1. The van der Waals surface area contributed by atoms with Gasteiger partial charge in [0.25, 0.3) is 0 Å². The highest BCUT2D eigenvalue weighted by molar-refractivity contribution is 4.93. The van der Waals surface area contributed by atoms with Crippen molar-refractivity contribution >= 4 is 0 Å². The Kier molecular flexibility index (Phi) is 3.71. The minimum absolute atomic E-state index is 0.213. The highest BCUT2D eigenvalue weighted by atomic mass is 16.3. The number of rotatable bonds is 2. The largest absolute Gasteiger partial charge is 0.388 e. The predicted molar refractivity (Wildman–Crippen MR) is 54.8 cm³/mol. The molecular weight excluding hydrogens is 164 g/mol. The Bertz CT molecular complexity index is 163. The molecule has 0 aromatic heterocycles. The molecule has 1 aliphatic rings. The van der Waals surface area contributed by atoms with Crippen molar-refractivity contribution in [3.05, 3.63) is 0 Å². The molecule has 2 atom stereocenters. The quantitative estimate of drug-likeness (QED) is 0.657. The molecule has 0 spiro atoms. The number of nitrogens with one attached hydrogen (secondary N) is 1. The highest BCUT2D eigenvalue weighted by Gasteiger charge is 2.36. The minimum Gasteiger partial charge on any atom is -0.388 e. The molecule has 0 bridgehead atoms. The average Bonchev–Trinajstić information content (AvgIpc) is 2.26. The summed E-state index contributed by atoms with van der Waals surface area (Å²) in [5, 5.41) is 13.6. The van der Waals surface area contributed by atoms with E-state index in [2.05, 4.69) is 24.2 Å². The first-order valence-electron chi connectivity index (χ1n) is 5.20. The summed E-state index contributed by atoms with van der Waals surface area (Å²) in [6.07, 6.45) is 2.85. The molecule has 3 nitrogen and oxygen atoms in total. The van der Waals surface area contributed by atoms with Crippen molar-refractivity contribution in [1.29, 1.82) is 0 Å². The topological polar surface area (TPSA) is 35.5 Å². The first-order valence-corrected chi connectivity index (χ1v) is 5.20. The molecule has 0 saturated carbocycles. The van der Waals surface area contributed by atoms with E-state index in [4.69, 9.17) is 0 Å². The lowest BCUT2D eigenvalue weighted by Crippen LogP contribution is -2.52. The third-order valence-corrected chi connectivity index (χ3v) is 3.25. The molecule has 0 aromatic rings. The monoisotopic (exact) mass is 186 g/mol. The van der Waals surface area contributed by atoms with Crippen molar-refractivity contribution in [3.8, 4) is 0 Å². The van der Waals surface area contributed by atoms with E-state index in [-0.39, 0.29) is 6.04 Å². The van der Waals surface area contributed by atoms with Crippen LogP contribution in [0, 0.1) is 0 Å². The lowest BCUT2D eigenvalue weighted by molar-refractivity contribution is -0.00530. The standard InChI is InChI=1S/C10H22N2O/c1-4-10(13)6-5-7-12(3)8-9(10)11-2/h9,11,13H,4-8H2,1-3H3. The molecule has 3 heteroatoms. The van der Waals surface area contributed by atoms with Crippen molar-refractivity contribution in [1.82, 2.24) is 10.2 Å². The Labute approximate surface area is 81.1 Å². The second-order valence-electron chi connectivity index (χ2n) is 4.16. The van der Waals surface area contributed by atoms with Gasteiger partial charge in [0.05, 0.1) is 5.60 Å². The summed E-state index contributed by atoms with van der Waals surface area (Å²) < 4.78 is 0. The van der Waals surface area contributed by atoms with Crippen LogP contribution in [0.3, 0.4) is 0 Å². The number of hydrogen-bond donors (Lipinski definition) is 2. The molecule has 78 valence electrons. The van der Waals surface area contributed by atoms with Gasteiger partial charge >= 0.3 is 0 Å². The Morgan fingerprint density at radius 2 is 2.31 bits per heavy atom. The first kappa shape index (κ1) is 11.0. The van der Waals surface area contributed by atoms with Crippen molar-refractivity contribution < 1.29 is 5.11 Å². The predicted octanol–water partition coefficient (Wildman–Crippen LogP) is 0.441. The zero-order valence-corrected chi connectivity index (χ0v) is 9.01. The molecule has 0 aliphatic carbocycles. The maximum atomic E-state index is 10.3. The van der Waals surface area contributed by atoms with Crippen molar-refractivity contribution in [2.75, 3.05) is 27.2 Å². The van der Waals surface area contributed by atoms with Gasteiger partial charge in [-0.05, 0) is 39.9 Å². The number of likely N-dealkylation sites (N-methyl/N-ethyl adjacent to an activating group) is 2. The Hall–Kier alpha value is -0.120. The van der Waals surface area contributed by atoms with E-state index in [9.17, 15) is 5.11 Å². The summed E-state index contributed by atoms with van der Waals surface area (Å²) in [4.78, 5) is 2.29. The Morgan fingerprint density at radius 3 is 2.85 bits per heavy atom. The van der Waals surface area contributed by atoms with Gasteiger partial charge in [0.1, 0.15) is 0 Å². The molecular formula is C10H22N2O. The van der Waals surface area contributed by atoms with Gasteiger partial charge in [-0.25, -0.2) is 0 Å². The Morgan fingerprint density at radius 1 is 1.62 bits per heavy atom. The molecule has 0 aromatic carbocycles. The second kappa shape index (κ2) is 4.40. The third-order valence-electron chi connectivity index (χ3n) is 3.25. The normalized spacial score (nSPS) is 37.4. The summed E-state index contributed by atoms with van der Waals surface area (Å²) in [5.74, 6) is 0. The molecule has 1 heterocycles. The van der Waals surface area contributed by atoms with E-state index in [0.717, 1.165) is 32.4 Å². The van der Waals surface area contributed by atoms with Gasteiger partial charge in [-0.2, -0.15) is 0 Å². The van der Waals surface area contributed by atoms with Crippen LogP contribution in [0.2, 0.25) is 0 Å². The second-order valence-corrected chi connectivity index (χ2v) is 4.16. The number of likely N-dealkylation sites (tertiary alicyclic amines) is 1. The number of aliphatic hydroxyl groups is 1.